The van der Waals surface area contributed by atoms with Crippen molar-refractivity contribution in [1.29, 1.82) is 0 Å². The molecule has 2 rings (SSSR count). The minimum atomic E-state index is -0.325. The SMILES string of the molecule is NC1(CC(=O)Nc2ccccc2O)CCC1. The zero-order chi connectivity index (χ0) is 11.6. The second-order valence-electron chi connectivity index (χ2n) is 4.46. The van der Waals surface area contributed by atoms with E-state index in [1.165, 1.54) is 6.07 Å². The minimum Gasteiger partial charge on any atom is -0.506 e. The lowest BCUT2D eigenvalue weighted by molar-refractivity contribution is -0.118. The van der Waals surface area contributed by atoms with Crippen LogP contribution in [0.4, 0.5) is 5.69 Å². The molecule has 0 aromatic heterocycles. The van der Waals surface area contributed by atoms with E-state index in [2.05, 4.69) is 5.32 Å². The molecule has 1 aromatic carbocycles. The van der Waals surface area contributed by atoms with E-state index < -0.39 is 0 Å². The van der Waals surface area contributed by atoms with E-state index >= 15 is 0 Å². The van der Waals surface area contributed by atoms with Crippen molar-refractivity contribution in [3.05, 3.63) is 24.3 Å². The van der Waals surface area contributed by atoms with Gasteiger partial charge in [0.05, 0.1) is 5.69 Å². The van der Waals surface area contributed by atoms with E-state index in [4.69, 9.17) is 5.73 Å². The van der Waals surface area contributed by atoms with Gasteiger partial charge in [-0.15, -0.1) is 0 Å². The third-order valence-electron chi connectivity index (χ3n) is 3.04. The summed E-state index contributed by atoms with van der Waals surface area (Å²) in [4.78, 5) is 11.7. The Morgan fingerprint density at radius 2 is 2.12 bits per heavy atom. The average molecular weight is 220 g/mol. The Hall–Kier alpha value is -1.55. The van der Waals surface area contributed by atoms with Gasteiger partial charge in [-0.05, 0) is 31.4 Å². The molecule has 16 heavy (non-hydrogen) atoms. The van der Waals surface area contributed by atoms with Crippen LogP contribution in [0.2, 0.25) is 0 Å². The van der Waals surface area contributed by atoms with Gasteiger partial charge in [-0.3, -0.25) is 4.79 Å². The van der Waals surface area contributed by atoms with Crippen LogP contribution in [-0.4, -0.2) is 16.6 Å². The Morgan fingerprint density at radius 3 is 2.69 bits per heavy atom. The highest BCUT2D eigenvalue weighted by Gasteiger charge is 2.34. The summed E-state index contributed by atoms with van der Waals surface area (Å²) in [7, 11) is 0. The number of carbonyl (C=O) groups is 1. The molecule has 4 nitrogen and oxygen atoms in total. The highest BCUT2D eigenvalue weighted by molar-refractivity contribution is 5.92. The van der Waals surface area contributed by atoms with Crippen LogP contribution in [0.25, 0.3) is 0 Å². The zero-order valence-electron chi connectivity index (χ0n) is 9.07. The maximum absolute atomic E-state index is 11.7. The number of hydrogen-bond acceptors (Lipinski definition) is 3. The molecule has 0 heterocycles. The van der Waals surface area contributed by atoms with Gasteiger partial charge in [0, 0.05) is 12.0 Å². The minimum absolute atomic E-state index is 0.0792. The molecule has 1 saturated carbocycles. The van der Waals surface area contributed by atoms with Crippen LogP contribution < -0.4 is 11.1 Å². The van der Waals surface area contributed by atoms with Gasteiger partial charge >= 0.3 is 0 Å². The molecule has 0 radical (unpaired) electrons. The number of anilines is 1. The third kappa shape index (κ3) is 2.33. The van der Waals surface area contributed by atoms with Crippen LogP contribution in [-0.2, 0) is 4.79 Å². The lowest BCUT2D eigenvalue weighted by Crippen LogP contribution is -2.48. The van der Waals surface area contributed by atoms with Gasteiger partial charge in [0.1, 0.15) is 5.75 Å². The number of rotatable bonds is 3. The standard InChI is InChI=1S/C12H16N2O2/c13-12(6-3-7-12)8-11(16)14-9-4-1-2-5-10(9)15/h1-2,4-5,15H,3,6-8,13H2,(H,14,16). The summed E-state index contributed by atoms with van der Waals surface area (Å²) in [6.45, 7) is 0. The van der Waals surface area contributed by atoms with Crippen molar-refractivity contribution in [3.8, 4) is 5.75 Å². The van der Waals surface area contributed by atoms with Crippen molar-refractivity contribution in [2.75, 3.05) is 5.32 Å². The van der Waals surface area contributed by atoms with Crippen molar-refractivity contribution in [2.24, 2.45) is 5.73 Å². The number of benzene rings is 1. The van der Waals surface area contributed by atoms with Crippen molar-refractivity contribution < 1.29 is 9.90 Å². The number of para-hydroxylation sites is 2. The predicted molar refractivity (Wildman–Crippen MR) is 62.1 cm³/mol. The molecule has 0 bridgehead atoms. The number of nitrogens with one attached hydrogen (secondary N) is 1. The maximum atomic E-state index is 11.7. The van der Waals surface area contributed by atoms with E-state index in [-0.39, 0.29) is 17.2 Å². The van der Waals surface area contributed by atoms with E-state index in [1.807, 2.05) is 0 Å². The molecule has 86 valence electrons. The smallest absolute Gasteiger partial charge is 0.226 e. The Bertz CT molecular complexity index is 400. The summed E-state index contributed by atoms with van der Waals surface area (Å²) in [5, 5.41) is 12.1. The topological polar surface area (TPSA) is 75.4 Å². The van der Waals surface area contributed by atoms with Crippen LogP contribution in [0.5, 0.6) is 5.75 Å². The van der Waals surface area contributed by atoms with Crippen molar-refractivity contribution in [2.45, 2.75) is 31.2 Å². The summed E-state index contributed by atoms with van der Waals surface area (Å²) in [5.41, 5.74) is 6.09. The van der Waals surface area contributed by atoms with E-state index in [9.17, 15) is 9.90 Å². The Morgan fingerprint density at radius 1 is 1.44 bits per heavy atom. The molecule has 1 aromatic rings. The molecule has 1 aliphatic rings. The van der Waals surface area contributed by atoms with Crippen LogP contribution in [0.15, 0.2) is 24.3 Å². The highest BCUT2D eigenvalue weighted by Crippen LogP contribution is 2.32. The molecular formula is C12H16N2O2. The number of amides is 1. The fourth-order valence-electron chi connectivity index (χ4n) is 1.90. The lowest BCUT2D eigenvalue weighted by Gasteiger charge is -2.37. The summed E-state index contributed by atoms with van der Waals surface area (Å²) < 4.78 is 0. The molecule has 0 saturated heterocycles. The third-order valence-corrected chi connectivity index (χ3v) is 3.04. The largest absolute Gasteiger partial charge is 0.506 e. The van der Waals surface area contributed by atoms with Gasteiger partial charge in [0.15, 0.2) is 0 Å². The van der Waals surface area contributed by atoms with Gasteiger partial charge in [-0.2, -0.15) is 0 Å². The molecule has 0 unspecified atom stereocenters. The first-order chi connectivity index (χ1) is 7.59. The Labute approximate surface area is 94.5 Å². The van der Waals surface area contributed by atoms with Gasteiger partial charge in [-0.1, -0.05) is 12.1 Å². The van der Waals surface area contributed by atoms with Crippen LogP contribution in [0.3, 0.4) is 0 Å². The van der Waals surface area contributed by atoms with E-state index in [1.54, 1.807) is 18.2 Å². The van der Waals surface area contributed by atoms with Gasteiger partial charge in [-0.25, -0.2) is 0 Å². The molecule has 4 N–H and O–H groups in total. The highest BCUT2D eigenvalue weighted by atomic mass is 16.3. The normalized spacial score (nSPS) is 17.6. The summed E-state index contributed by atoms with van der Waals surface area (Å²) in [5.74, 6) is -0.0563. The lowest BCUT2D eigenvalue weighted by atomic mass is 9.75. The van der Waals surface area contributed by atoms with Crippen LogP contribution in [0.1, 0.15) is 25.7 Å². The molecule has 1 fully saturated rings. The van der Waals surface area contributed by atoms with Gasteiger partial charge in [0.2, 0.25) is 5.91 Å². The number of hydrogen-bond donors (Lipinski definition) is 3. The average Bonchev–Trinajstić information content (AvgIpc) is 2.19. The van der Waals surface area contributed by atoms with Crippen molar-refractivity contribution in [1.82, 2.24) is 0 Å². The number of phenols is 1. The number of carbonyl (C=O) groups excluding carboxylic acids is 1. The zero-order valence-corrected chi connectivity index (χ0v) is 9.07. The monoisotopic (exact) mass is 220 g/mol. The van der Waals surface area contributed by atoms with Crippen LogP contribution >= 0.6 is 0 Å². The first-order valence-corrected chi connectivity index (χ1v) is 5.46. The fraction of sp³-hybridized carbons (Fsp3) is 0.417. The summed E-state index contributed by atoms with van der Waals surface area (Å²) in [6, 6.07) is 6.67. The quantitative estimate of drug-likeness (QED) is 0.677. The summed E-state index contributed by atoms with van der Waals surface area (Å²) >= 11 is 0. The van der Waals surface area contributed by atoms with Crippen LogP contribution in [0, 0.1) is 0 Å². The molecule has 4 heteroatoms. The second-order valence-corrected chi connectivity index (χ2v) is 4.46. The van der Waals surface area contributed by atoms with Gasteiger partial charge < -0.3 is 16.2 Å². The molecular weight excluding hydrogens is 204 g/mol. The fourth-order valence-corrected chi connectivity index (χ4v) is 1.90. The maximum Gasteiger partial charge on any atom is 0.226 e. The predicted octanol–water partition coefficient (Wildman–Crippen LogP) is 1.60. The first kappa shape index (κ1) is 11.0. The Kier molecular flexibility index (Phi) is 2.83. The van der Waals surface area contributed by atoms with E-state index in [0.29, 0.717) is 12.1 Å². The molecule has 0 atom stereocenters. The molecule has 0 aliphatic heterocycles. The van der Waals surface area contributed by atoms with Gasteiger partial charge in [0.25, 0.3) is 0 Å². The van der Waals surface area contributed by atoms with Crippen molar-refractivity contribution >= 4 is 11.6 Å². The summed E-state index contributed by atoms with van der Waals surface area (Å²) in [6.07, 6.45) is 3.23. The number of phenolic OH excluding ortho intramolecular Hbond substituents is 1. The Balaban J connectivity index is 1.95. The number of aromatic hydroxyl groups is 1. The molecule has 0 spiro atoms. The second kappa shape index (κ2) is 4.14. The molecule has 1 aliphatic carbocycles. The molecule has 1 amide bonds. The van der Waals surface area contributed by atoms with Crippen molar-refractivity contribution in [3.63, 3.8) is 0 Å². The van der Waals surface area contributed by atoms with E-state index in [0.717, 1.165) is 19.3 Å². The number of nitrogens with two attached hydrogens (primary N) is 1. The first-order valence-electron chi connectivity index (χ1n) is 5.46.